The molecule has 0 saturated carbocycles. The van der Waals surface area contributed by atoms with Crippen LogP contribution in [0.2, 0.25) is 0 Å². The van der Waals surface area contributed by atoms with Crippen molar-refractivity contribution in [3.05, 3.63) is 53.5 Å². The molecule has 3 heteroatoms. The topological polar surface area (TPSA) is 42.2 Å². The SMILES string of the molecule is Cc1ccc(/C=C2\C(=O)Nc3ccccc32)o1. The van der Waals surface area contributed by atoms with E-state index in [9.17, 15) is 4.79 Å². The van der Waals surface area contributed by atoms with Crippen LogP contribution in [-0.2, 0) is 4.79 Å². The molecule has 1 N–H and O–H groups in total. The van der Waals surface area contributed by atoms with Crippen molar-refractivity contribution in [1.82, 2.24) is 0 Å². The summed E-state index contributed by atoms with van der Waals surface area (Å²) in [6.07, 6.45) is 1.77. The molecule has 1 amide bonds. The van der Waals surface area contributed by atoms with Crippen LogP contribution in [0, 0.1) is 6.92 Å². The fourth-order valence-electron chi connectivity index (χ4n) is 1.96. The third kappa shape index (κ3) is 1.65. The van der Waals surface area contributed by atoms with Gasteiger partial charge in [0.15, 0.2) is 0 Å². The summed E-state index contributed by atoms with van der Waals surface area (Å²) in [6, 6.07) is 11.4. The molecule has 1 aromatic carbocycles. The highest BCUT2D eigenvalue weighted by Crippen LogP contribution is 2.32. The first kappa shape index (κ1) is 9.90. The number of aryl methyl sites for hydroxylation is 1. The Morgan fingerprint density at radius 1 is 1.18 bits per heavy atom. The number of hydrogen-bond donors (Lipinski definition) is 1. The molecule has 0 atom stereocenters. The molecule has 0 spiro atoms. The van der Waals surface area contributed by atoms with Crippen LogP contribution in [-0.4, -0.2) is 5.91 Å². The molecular weight excluding hydrogens is 214 g/mol. The van der Waals surface area contributed by atoms with Crippen LogP contribution in [0.15, 0.2) is 40.8 Å². The Morgan fingerprint density at radius 3 is 2.76 bits per heavy atom. The van der Waals surface area contributed by atoms with E-state index in [4.69, 9.17) is 4.42 Å². The quantitative estimate of drug-likeness (QED) is 0.758. The highest BCUT2D eigenvalue weighted by molar-refractivity contribution is 6.34. The fraction of sp³-hybridized carbons (Fsp3) is 0.0714. The smallest absolute Gasteiger partial charge is 0.256 e. The summed E-state index contributed by atoms with van der Waals surface area (Å²) in [4.78, 5) is 11.8. The van der Waals surface area contributed by atoms with Gasteiger partial charge >= 0.3 is 0 Å². The molecule has 0 bridgehead atoms. The van der Waals surface area contributed by atoms with Crippen molar-refractivity contribution < 1.29 is 9.21 Å². The first-order valence-corrected chi connectivity index (χ1v) is 5.43. The Labute approximate surface area is 98.8 Å². The van der Waals surface area contributed by atoms with Crippen LogP contribution in [0.25, 0.3) is 11.6 Å². The zero-order valence-electron chi connectivity index (χ0n) is 9.36. The largest absolute Gasteiger partial charge is 0.462 e. The number of carbonyl (C=O) groups is 1. The van der Waals surface area contributed by atoms with E-state index < -0.39 is 0 Å². The van der Waals surface area contributed by atoms with Crippen LogP contribution in [0.4, 0.5) is 5.69 Å². The molecule has 1 aliphatic rings. The lowest BCUT2D eigenvalue weighted by molar-refractivity contribution is -0.110. The van der Waals surface area contributed by atoms with Crippen LogP contribution in [0.3, 0.4) is 0 Å². The van der Waals surface area contributed by atoms with Crippen molar-refractivity contribution in [2.75, 3.05) is 5.32 Å². The Balaban J connectivity index is 2.09. The number of anilines is 1. The summed E-state index contributed by atoms with van der Waals surface area (Å²) in [5.41, 5.74) is 2.42. The van der Waals surface area contributed by atoms with Crippen LogP contribution in [0.1, 0.15) is 17.1 Å². The van der Waals surface area contributed by atoms with Crippen molar-refractivity contribution in [2.45, 2.75) is 6.92 Å². The second-order valence-electron chi connectivity index (χ2n) is 4.01. The molecule has 2 aromatic rings. The van der Waals surface area contributed by atoms with Gasteiger partial charge in [0.05, 0.1) is 5.57 Å². The number of nitrogens with one attached hydrogen (secondary N) is 1. The number of para-hydroxylation sites is 1. The van der Waals surface area contributed by atoms with E-state index in [1.54, 1.807) is 6.08 Å². The maximum Gasteiger partial charge on any atom is 0.256 e. The highest BCUT2D eigenvalue weighted by atomic mass is 16.3. The van der Waals surface area contributed by atoms with E-state index in [2.05, 4.69) is 5.32 Å². The summed E-state index contributed by atoms with van der Waals surface area (Å²) in [7, 11) is 0. The van der Waals surface area contributed by atoms with Gasteiger partial charge in [0.2, 0.25) is 0 Å². The van der Waals surface area contributed by atoms with Crippen molar-refractivity contribution in [1.29, 1.82) is 0 Å². The lowest BCUT2D eigenvalue weighted by Gasteiger charge is -1.95. The molecule has 1 aromatic heterocycles. The van der Waals surface area contributed by atoms with Gasteiger partial charge in [0.25, 0.3) is 5.91 Å². The van der Waals surface area contributed by atoms with Gasteiger partial charge in [-0.2, -0.15) is 0 Å². The second kappa shape index (κ2) is 3.63. The normalized spacial score (nSPS) is 16.1. The second-order valence-corrected chi connectivity index (χ2v) is 4.01. The highest BCUT2D eigenvalue weighted by Gasteiger charge is 2.23. The van der Waals surface area contributed by atoms with Gasteiger partial charge in [-0.25, -0.2) is 0 Å². The van der Waals surface area contributed by atoms with Crippen molar-refractivity contribution in [3.63, 3.8) is 0 Å². The lowest BCUT2D eigenvalue weighted by Crippen LogP contribution is -2.03. The van der Waals surface area contributed by atoms with Crippen molar-refractivity contribution in [2.24, 2.45) is 0 Å². The molecule has 3 nitrogen and oxygen atoms in total. The van der Waals surface area contributed by atoms with Gasteiger partial charge in [-0.05, 0) is 31.2 Å². The Bertz CT molecular complexity index is 623. The van der Waals surface area contributed by atoms with Crippen LogP contribution >= 0.6 is 0 Å². The summed E-state index contributed by atoms with van der Waals surface area (Å²) in [6.45, 7) is 1.88. The number of furan rings is 1. The van der Waals surface area contributed by atoms with Gasteiger partial charge in [-0.1, -0.05) is 18.2 Å². The third-order valence-electron chi connectivity index (χ3n) is 2.76. The average molecular weight is 225 g/mol. The molecule has 0 aliphatic carbocycles. The van der Waals surface area contributed by atoms with E-state index in [1.165, 1.54) is 0 Å². The van der Waals surface area contributed by atoms with E-state index in [1.807, 2.05) is 43.3 Å². The predicted molar refractivity (Wildman–Crippen MR) is 66.4 cm³/mol. The maximum atomic E-state index is 11.8. The summed E-state index contributed by atoms with van der Waals surface area (Å²) < 4.78 is 5.45. The maximum absolute atomic E-state index is 11.8. The average Bonchev–Trinajstić information content (AvgIpc) is 2.85. The number of amides is 1. The molecule has 0 fully saturated rings. The van der Waals surface area contributed by atoms with Crippen LogP contribution in [0.5, 0.6) is 0 Å². The van der Waals surface area contributed by atoms with E-state index >= 15 is 0 Å². The van der Waals surface area contributed by atoms with E-state index in [0.29, 0.717) is 11.3 Å². The van der Waals surface area contributed by atoms with Gasteiger partial charge in [-0.15, -0.1) is 0 Å². The molecule has 1 aliphatic heterocycles. The van der Waals surface area contributed by atoms with Crippen molar-refractivity contribution in [3.8, 4) is 0 Å². The number of carbonyl (C=O) groups excluding carboxylic acids is 1. The first-order chi connectivity index (χ1) is 8.24. The van der Waals surface area contributed by atoms with Gasteiger partial charge in [0.1, 0.15) is 11.5 Å². The molecule has 17 heavy (non-hydrogen) atoms. The predicted octanol–water partition coefficient (Wildman–Crippen LogP) is 3.08. The zero-order chi connectivity index (χ0) is 11.8. The number of rotatable bonds is 1. The molecule has 84 valence electrons. The van der Waals surface area contributed by atoms with Crippen LogP contribution < -0.4 is 5.32 Å². The number of hydrogen-bond acceptors (Lipinski definition) is 2. The summed E-state index contributed by atoms with van der Waals surface area (Å²) in [5.74, 6) is 1.45. The monoisotopic (exact) mass is 225 g/mol. The minimum Gasteiger partial charge on any atom is -0.462 e. The Kier molecular flexibility index (Phi) is 2.11. The fourth-order valence-corrected chi connectivity index (χ4v) is 1.96. The third-order valence-corrected chi connectivity index (χ3v) is 2.76. The van der Waals surface area contributed by atoms with E-state index in [-0.39, 0.29) is 5.91 Å². The lowest BCUT2D eigenvalue weighted by atomic mass is 10.1. The van der Waals surface area contributed by atoms with Gasteiger partial charge in [0, 0.05) is 11.3 Å². The summed E-state index contributed by atoms with van der Waals surface area (Å²) in [5, 5.41) is 2.83. The number of fused-ring (bicyclic) bond motifs is 1. The van der Waals surface area contributed by atoms with Gasteiger partial charge < -0.3 is 9.73 Å². The number of benzene rings is 1. The molecule has 3 rings (SSSR count). The zero-order valence-corrected chi connectivity index (χ0v) is 9.36. The summed E-state index contributed by atoms with van der Waals surface area (Å²) >= 11 is 0. The van der Waals surface area contributed by atoms with Gasteiger partial charge in [-0.3, -0.25) is 4.79 Å². The van der Waals surface area contributed by atoms with E-state index in [0.717, 1.165) is 17.0 Å². The molecule has 0 unspecified atom stereocenters. The van der Waals surface area contributed by atoms with Crippen molar-refractivity contribution >= 4 is 23.2 Å². The minimum absolute atomic E-state index is 0.0831. The molecular formula is C14H11NO2. The molecule has 2 heterocycles. The molecule has 0 radical (unpaired) electrons. The molecule has 0 saturated heterocycles. The first-order valence-electron chi connectivity index (χ1n) is 5.43. The standard InChI is InChI=1S/C14H11NO2/c1-9-6-7-10(17-9)8-12-11-4-2-3-5-13(11)15-14(12)16/h2-8H,1H3,(H,15,16)/b12-8-. The Hall–Kier alpha value is -2.29. The minimum atomic E-state index is -0.0831. The Morgan fingerprint density at radius 2 is 2.00 bits per heavy atom.